The van der Waals surface area contributed by atoms with E-state index in [0.29, 0.717) is 36.2 Å². The highest BCUT2D eigenvalue weighted by molar-refractivity contribution is 7.89. The molecular formula is C22H25N3O3S2. The van der Waals surface area contributed by atoms with Crippen LogP contribution in [0, 0.1) is 18.8 Å². The van der Waals surface area contributed by atoms with E-state index in [9.17, 15) is 13.2 Å². The largest absolute Gasteiger partial charge is 0.322 e. The van der Waals surface area contributed by atoms with Crippen LogP contribution >= 0.6 is 11.3 Å². The normalized spacial score (nSPS) is 20.4. The number of sulfonamides is 1. The van der Waals surface area contributed by atoms with Crippen LogP contribution in [0.3, 0.4) is 0 Å². The molecule has 1 amide bonds. The van der Waals surface area contributed by atoms with E-state index in [0.717, 1.165) is 21.6 Å². The Bertz CT molecular complexity index is 1190. The van der Waals surface area contributed by atoms with Gasteiger partial charge < -0.3 is 5.32 Å². The number of nitrogens with zero attached hydrogens (tertiary/aromatic N) is 2. The van der Waals surface area contributed by atoms with Gasteiger partial charge in [-0.3, -0.25) is 4.79 Å². The molecule has 0 aliphatic carbocycles. The molecule has 0 saturated carbocycles. The van der Waals surface area contributed by atoms with Crippen molar-refractivity contribution >= 4 is 43.2 Å². The SMILES string of the molecule is Cc1nc2ccc(NC(=O)c3cccc(S(=O)(=O)N4CC(C)CC(C)C4)c3)cc2s1. The number of piperidine rings is 1. The molecule has 8 heteroatoms. The van der Waals surface area contributed by atoms with Crippen LogP contribution in [0.5, 0.6) is 0 Å². The first-order valence-electron chi connectivity index (χ1n) is 10.0. The lowest BCUT2D eigenvalue weighted by atomic mass is 9.94. The van der Waals surface area contributed by atoms with Crippen LogP contribution in [-0.2, 0) is 10.0 Å². The summed E-state index contributed by atoms with van der Waals surface area (Å²) in [7, 11) is -3.64. The summed E-state index contributed by atoms with van der Waals surface area (Å²) in [5.41, 5.74) is 1.87. The van der Waals surface area contributed by atoms with Crippen molar-refractivity contribution in [1.29, 1.82) is 0 Å². The second-order valence-electron chi connectivity index (χ2n) is 8.17. The number of fused-ring (bicyclic) bond motifs is 1. The minimum atomic E-state index is -3.64. The molecular weight excluding hydrogens is 418 g/mol. The van der Waals surface area contributed by atoms with Crippen molar-refractivity contribution in [3.63, 3.8) is 0 Å². The first kappa shape index (κ1) is 21.0. The zero-order valence-electron chi connectivity index (χ0n) is 17.3. The minimum absolute atomic E-state index is 0.157. The molecule has 1 aromatic heterocycles. The Morgan fingerprint density at radius 3 is 2.60 bits per heavy atom. The van der Waals surface area contributed by atoms with E-state index in [-0.39, 0.29) is 10.8 Å². The van der Waals surface area contributed by atoms with E-state index in [1.54, 1.807) is 39.9 Å². The number of benzene rings is 2. The Hall–Kier alpha value is -2.29. The first-order valence-corrected chi connectivity index (χ1v) is 12.3. The van der Waals surface area contributed by atoms with Crippen molar-refractivity contribution in [1.82, 2.24) is 9.29 Å². The Balaban J connectivity index is 1.56. The molecule has 30 heavy (non-hydrogen) atoms. The summed E-state index contributed by atoms with van der Waals surface area (Å²) in [4.78, 5) is 17.4. The van der Waals surface area contributed by atoms with Gasteiger partial charge in [0, 0.05) is 24.3 Å². The standard InChI is InChI=1S/C22H25N3O3S2/c1-14-9-15(2)13-25(12-14)30(27,28)19-6-4-5-17(10-19)22(26)24-18-7-8-20-21(11-18)29-16(3)23-20/h4-8,10-11,14-15H,9,12-13H2,1-3H3,(H,24,26). The van der Waals surface area contributed by atoms with E-state index in [1.165, 1.54) is 6.07 Å². The summed E-state index contributed by atoms with van der Waals surface area (Å²) in [5.74, 6) is 0.300. The highest BCUT2D eigenvalue weighted by Crippen LogP contribution is 2.28. The number of nitrogens with one attached hydrogen (secondary N) is 1. The van der Waals surface area contributed by atoms with Crippen molar-refractivity contribution in [2.45, 2.75) is 32.1 Å². The van der Waals surface area contributed by atoms with Crippen molar-refractivity contribution in [2.75, 3.05) is 18.4 Å². The van der Waals surface area contributed by atoms with Gasteiger partial charge in [0.25, 0.3) is 5.91 Å². The van der Waals surface area contributed by atoms with Gasteiger partial charge in [0.05, 0.1) is 20.1 Å². The fraction of sp³-hybridized carbons (Fsp3) is 0.364. The van der Waals surface area contributed by atoms with E-state index in [1.807, 2.05) is 19.1 Å². The molecule has 2 aromatic carbocycles. The number of aromatic nitrogens is 1. The third-order valence-electron chi connectivity index (χ3n) is 5.32. The third kappa shape index (κ3) is 4.26. The molecule has 158 valence electrons. The lowest BCUT2D eigenvalue weighted by Crippen LogP contribution is -2.42. The van der Waals surface area contributed by atoms with Crippen LogP contribution in [0.1, 0.15) is 35.6 Å². The van der Waals surface area contributed by atoms with Gasteiger partial charge >= 0.3 is 0 Å². The molecule has 0 bridgehead atoms. The summed E-state index contributed by atoms with van der Waals surface area (Å²) in [6, 6.07) is 11.8. The zero-order valence-corrected chi connectivity index (χ0v) is 18.9. The van der Waals surface area contributed by atoms with Crippen molar-refractivity contribution < 1.29 is 13.2 Å². The molecule has 3 aromatic rings. The van der Waals surface area contributed by atoms with Gasteiger partial charge in [-0.05, 0) is 61.6 Å². The molecule has 1 N–H and O–H groups in total. The number of anilines is 1. The summed E-state index contributed by atoms with van der Waals surface area (Å²) >= 11 is 1.56. The van der Waals surface area contributed by atoms with Crippen LogP contribution in [0.4, 0.5) is 5.69 Å². The van der Waals surface area contributed by atoms with Crippen molar-refractivity contribution in [3.05, 3.63) is 53.0 Å². The molecule has 1 saturated heterocycles. The van der Waals surface area contributed by atoms with E-state index in [4.69, 9.17) is 0 Å². The van der Waals surface area contributed by atoms with Gasteiger partial charge in [0.15, 0.2) is 0 Å². The summed E-state index contributed by atoms with van der Waals surface area (Å²) in [6.45, 7) is 7.11. The van der Waals surface area contributed by atoms with Crippen molar-refractivity contribution in [2.24, 2.45) is 11.8 Å². The number of aryl methyl sites for hydroxylation is 1. The van der Waals surface area contributed by atoms with E-state index in [2.05, 4.69) is 24.1 Å². The average molecular weight is 444 g/mol. The van der Waals surface area contributed by atoms with Crippen LogP contribution in [0.2, 0.25) is 0 Å². The van der Waals surface area contributed by atoms with E-state index < -0.39 is 10.0 Å². The molecule has 1 aliphatic rings. The Morgan fingerprint density at radius 1 is 1.13 bits per heavy atom. The minimum Gasteiger partial charge on any atom is -0.322 e. The number of amides is 1. The molecule has 0 spiro atoms. The van der Waals surface area contributed by atoms with Crippen LogP contribution in [0.15, 0.2) is 47.4 Å². The highest BCUT2D eigenvalue weighted by Gasteiger charge is 2.32. The number of rotatable bonds is 4. The maximum Gasteiger partial charge on any atom is 0.255 e. The predicted octanol–water partition coefficient (Wildman–Crippen LogP) is 4.52. The maximum absolute atomic E-state index is 13.1. The Kier molecular flexibility index (Phi) is 5.65. The fourth-order valence-corrected chi connectivity index (χ4v) is 6.66. The average Bonchev–Trinajstić information content (AvgIpc) is 3.06. The molecule has 4 rings (SSSR count). The van der Waals surface area contributed by atoms with Gasteiger partial charge in [-0.1, -0.05) is 19.9 Å². The molecule has 1 fully saturated rings. The predicted molar refractivity (Wildman–Crippen MR) is 120 cm³/mol. The Labute approximate surface area is 181 Å². The molecule has 2 unspecified atom stereocenters. The molecule has 2 atom stereocenters. The molecule has 0 radical (unpaired) electrons. The van der Waals surface area contributed by atoms with Gasteiger partial charge in [-0.25, -0.2) is 13.4 Å². The topological polar surface area (TPSA) is 79.4 Å². The Morgan fingerprint density at radius 2 is 1.87 bits per heavy atom. The summed E-state index contributed by atoms with van der Waals surface area (Å²) in [5, 5.41) is 3.83. The number of thiazole rings is 1. The lowest BCUT2D eigenvalue weighted by Gasteiger charge is -2.34. The van der Waals surface area contributed by atoms with Gasteiger partial charge in [-0.2, -0.15) is 4.31 Å². The fourth-order valence-electron chi connectivity index (χ4n) is 4.07. The molecule has 6 nitrogen and oxygen atoms in total. The number of carbonyl (C=O) groups excluding carboxylic acids is 1. The highest BCUT2D eigenvalue weighted by atomic mass is 32.2. The smallest absolute Gasteiger partial charge is 0.255 e. The van der Waals surface area contributed by atoms with Crippen molar-refractivity contribution in [3.8, 4) is 0 Å². The van der Waals surface area contributed by atoms with Gasteiger partial charge in [0.2, 0.25) is 10.0 Å². The quantitative estimate of drug-likeness (QED) is 0.643. The third-order valence-corrected chi connectivity index (χ3v) is 8.08. The molecule has 1 aliphatic heterocycles. The summed E-state index contributed by atoms with van der Waals surface area (Å²) < 4.78 is 28.8. The van der Waals surface area contributed by atoms with E-state index >= 15 is 0 Å². The van der Waals surface area contributed by atoms with Gasteiger partial charge in [-0.15, -0.1) is 11.3 Å². The van der Waals surface area contributed by atoms with Crippen LogP contribution in [0.25, 0.3) is 10.2 Å². The lowest BCUT2D eigenvalue weighted by molar-refractivity contribution is 0.102. The monoisotopic (exact) mass is 443 g/mol. The number of hydrogen-bond acceptors (Lipinski definition) is 5. The zero-order chi connectivity index (χ0) is 21.5. The first-order chi connectivity index (χ1) is 14.2. The van der Waals surface area contributed by atoms with Gasteiger partial charge in [0.1, 0.15) is 0 Å². The molecule has 2 heterocycles. The number of carbonyl (C=O) groups is 1. The summed E-state index contributed by atoms with van der Waals surface area (Å²) in [6.07, 6.45) is 1.03. The van der Waals surface area contributed by atoms with Crippen LogP contribution < -0.4 is 5.32 Å². The van der Waals surface area contributed by atoms with Crippen LogP contribution in [-0.4, -0.2) is 36.7 Å². The maximum atomic E-state index is 13.1. The number of hydrogen-bond donors (Lipinski definition) is 1. The second kappa shape index (κ2) is 8.09. The second-order valence-corrected chi connectivity index (χ2v) is 11.3.